The lowest BCUT2D eigenvalue weighted by Crippen LogP contribution is -2.46. The van der Waals surface area contributed by atoms with Gasteiger partial charge in [-0.25, -0.2) is 0 Å². The first-order chi connectivity index (χ1) is 11.5. The molecule has 7 heteroatoms. The molecule has 0 aliphatic carbocycles. The average molecular weight is 466 g/mol. The molecule has 0 saturated carbocycles. The lowest BCUT2D eigenvalue weighted by molar-refractivity contribution is -0.147. The Bertz CT molecular complexity index is 411. The molecule has 1 aliphatic rings. The molecule has 2 amide bonds. The van der Waals surface area contributed by atoms with Crippen LogP contribution in [0.25, 0.3) is 0 Å². The van der Waals surface area contributed by atoms with Gasteiger partial charge in [-0.2, -0.15) is 0 Å². The van der Waals surface area contributed by atoms with Crippen LogP contribution in [0.1, 0.15) is 65.2 Å². The zero-order valence-electron chi connectivity index (χ0n) is 16.0. The molecule has 1 saturated heterocycles. The lowest BCUT2D eigenvalue weighted by atomic mass is 10.0. The second-order valence-electron chi connectivity index (χ2n) is 6.82. The molecular formula is C18H35IN4O2. The van der Waals surface area contributed by atoms with Crippen LogP contribution < -0.4 is 10.6 Å². The van der Waals surface area contributed by atoms with Crippen molar-refractivity contribution in [2.45, 2.75) is 65.2 Å². The van der Waals surface area contributed by atoms with E-state index in [1.54, 1.807) is 7.05 Å². The van der Waals surface area contributed by atoms with Crippen LogP contribution in [0.15, 0.2) is 4.99 Å². The Kier molecular flexibility index (Phi) is 13.8. The zero-order valence-corrected chi connectivity index (χ0v) is 18.3. The number of nitrogens with zero attached hydrogens (tertiary/aromatic N) is 2. The first-order valence-corrected chi connectivity index (χ1v) is 9.32. The molecule has 0 aromatic rings. The summed E-state index contributed by atoms with van der Waals surface area (Å²) in [7, 11) is 1.73. The summed E-state index contributed by atoms with van der Waals surface area (Å²) < 4.78 is 0. The van der Waals surface area contributed by atoms with E-state index in [0.717, 1.165) is 24.8 Å². The molecule has 1 heterocycles. The number of rotatable bonds is 10. The first-order valence-electron chi connectivity index (χ1n) is 9.32. The van der Waals surface area contributed by atoms with Gasteiger partial charge in [0, 0.05) is 39.5 Å². The largest absolute Gasteiger partial charge is 0.356 e. The monoisotopic (exact) mass is 466 g/mol. The number of hydrogen-bond donors (Lipinski definition) is 2. The van der Waals surface area contributed by atoms with Gasteiger partial charge in [0.05, 0.1) is 0 Å². The van der Waals surface area contributed by atoms with Crippen LogP contribution in [0.3, 0.4) is 0 Å². The average Bonchev–Trinajstić information content (AvgIpc) is 2.54. The number of guanidine groups is 1. The molecule has 6 nitrogen and oxygen atoms in total. The van der Waals surface area contributed by atoms with Crippen molar-refractivity contribution in [3.63, 3.8) is 0 Å². The lowest BCUT2D eigenvalue weighted by Gasteiger charge is -2.25. The van der Waals surface area contributed by atoms with Crippen molar-refractivity contribution in [2.24, 2.45) is 10.9 Å². The van der Waals surface area contributed by atoms with Gasteiger partial charge in [-0.1, -0.05) is 39.5 Å². The van der Waals surface area contributed by atoms with Gasteiger partial charge in [-0.15, -0.1) is 24.0 Å². The maximum Gasteiger partial charge on any atom is 0.229 e. The fraction of sp³-hybridized carbons (Fsp3) is 0.833. The number of imide groups is 1. The number of nitrogens with one attached hydrogen (secondary N) is 2. The van der Waals surface area contributed by atoms with Crippen molar-refractivity contribution in [1.82, 2.24) is 15.5 Å². The highest BCUT2D eigenvalue weighted by Crippen LogP contribution is 2.11. The van der Waals surface area contributed by atoms with Gasteiger partial charge >= 0.3 is 0 Å². The third-order valence-corrected chi connectivity index (χ3v) is 4.24. The number of amides is 2. The van der Waals surface area contributed by atoms with Crippen LogP contribution in [-0.2, 0) is 9.59 Å². The molecule has 0 aromatic carbocycles. The Labute approximate surface area is 169 Å². The maximum absolute atomic E-state index is 11.7. The fourth-order valence-electron chi connectivity index (χ4n) is 2.79. The standard InChI is InChI=1S/C18H34N4O2.HI/c1-15(2)9-6-4-5-7-12-20-18(19-3)21-13-14-22-16(23)10-8-11-17(22)24;/h15H,4-14H2,1-3H3,(H2,19,20,21);1H. The van der Waals surface area contributed by atoms with E-state index in [9.17, 15) is 9.59 Å². The molecule has 2 N–H and O–H groups in total. The van der Waals surface area contributed by atoms with Crippen LogP contribution in [0.4, 0.5) is 0 Å². The second-order valence-corrected chi connectivity index (χ2v) is 6.82. The topological polar surface area (TPSA) is 73.8 Å². The molecule has 25 heavy (non-hydrogen) atoms. The molecule has 0 bridgehead atoms. The van der Waals surface area contributed by atoms with E-state index >= 15 is 0 Å². The molecular weight excluding hydrogens is 431 g/mol. The third kappa shape index (κ3) is 10.7. The van der Waals surface area contributed by atoms with Crippen molar-refractivity contribution >= 4 is 41.8 Å². The molecule has 1 fully saturated rings. The fourth-order valence-corrected chi connectivity index (χ4v) is 2.79. The molecule has 0 aromatic heterocycles. The molecule has 0 spiro atoms. The SMILES string of the molecule is CN=C(NCCCCCCC(C)C)NCCN1C(=O)CCCC1=O.I. The highest BCUT2D eigenvalue weighted by atomic mass is 127. The van der Waals surface area contributed by atoms with Gasteiger partial charge in [-0.3, -0.25) is 19.5 Å². The number of unbranched alkanes of at least 4 members (excludes halogenated alkanes) is 3. The van der Waals surface area contributed by atoms with E-state index in [-0.39, 0.29) is 35.8 Å². The predicted molar refractivity (Wildman–Crippen MR) is 113 cm³/mol. The van der Waals surface area contributed by atoms with Crippen molar-refractivity contribution in [1.29, 1.82) is 0 Å². The quantitative estimate of drug-likeness (QED) is 0.171. The normalized spacial score (nSPS) is 15.4. The summed E-state index contributed by atoms with van der Waals surface area (Å²) in [6.45, 7) is 6.37. The van der Waals surface area contributed by atoms with Gasteiger partial charge in [-0.05, 0) is 18.8 Å². The minimum absolute atomic E-state index is 0. The van der Waals surface area contributed by atoms with E-state index in [0.29, 0.717) is 32.4 Å². The Morgan fingerprint density at radius 2 is 1.64 bits per heavy atom. The van der Waals surface area contributed by atoms with Gasteiger partial charge < -0.3 is 10.6 Å². The van der Waals surface area contributed by atoms with E-state index in [1.807, 2.05) is 0 Å². The van der Waals surface area contributed by atoms with Gasteiger partial charge in [0.25, 0.3) is 0 Å². The number of likely N-dealkylation sites (tertiary alicyclic amines) is 1. The molecule has 146 valence electrons. The highest BCUT2D eigenvalue weighted by molar-refractivity contribution is 14.0. The molecule has 1 rings (SSSR count). The van der Waals surface area contributed by atoms with E-state index in [1.165, 1.54) is 30.6 Å². The number of halogens is 1. The van der Waals surface area contributed by atoms with E-state index < -0.39 is 0 Å². The number of hydrogen-bond acceptors (Lipinski definition) is 3. The summed E-state index contributed by atoms with van der Waals surface area (Å²) in [5.41, 5.74) is 0. The van der Waals surface area contributed by atoms with Crippen LogP contribution in [-0.4, -0.2) is 49.4 Å². The summed E-state index contributed by atoms with van der Waals surface area (Å²) in [6, 6.07) is 0. The van der Waals surface area contributed by atoms with Crippen molar-refractivity contribution < 1.29 is 9.59 Å². The Morgan fingerprint density at radius 3 is 2.24 bits per heavy atom. The smallest absolute Gasteiger partial charge is 0.229 e. The van der Waals surface area contributed by atoms with Crippen LogP contribution in [0.2, 0.25) is 0 Å². The summed E-state index contributed by atoms with van der Waals surface area (Å²) in [5, 5.41) is 6.45. The number of carbonyl (C=O) groups excluding carboxylic acids is 2. The summed E-state index contributed by atoms with van der Waals surface area (Å²) >= 11 is 0. The van der Waals surface area contributed by atoms with Crippen molar-refractivity contribution in [2.75, 3.05) is 26.7 Å². The van der Waals surface area contributed by atoms with Crippen LogP contribution in [0.5, 0.6) is 0 Å². The summed E-state index contributed by atoms with van der Waals surface area (Å²) in [5.74, 6) is 1.41. The molecule has 0 unspecified atom stereocenters. The van der Waals surface area contributed by atoms with Gasteiger partial charge in [0.1, 0.15) is 0 Å². The second kappa shape index (κ2) is 14.3. The number of aliphatic imine (C=N–C) groups is 1. The minimum Gasteiger partial charge on any atom is -0.356 e. The predicted octanol–water partition coefficient (Wildman–Crippen LogP) is 2.92. The zero-order chi connectivity index (χ0) is 17.8. The highest BCUT2D eigenvalue weighted by Gasteiger charge is 2.25. The Morgan fingerprint density at radius 1 is 1.04 bits per heavy atom. The maximum atomic E-state index is 11.7. The molecule has 0 atom stereocenters. The van der Waals surface area contributed by atoms with Crippen LogP contribution >= 0.6 is 24.0 Å². The minimum atomic E-state index is -0.0580. The Balaban J connectivity index is 0.00000576. The van der Waals surface area contributed by atoms with Crippen LogP contribution in [0, 0.1) is 5.92 Å². The number of carbonyl (C=O) groups is 2. The Hall–Kier alpha value is -0.860. The van der Waals surface area contributed by atoms with Crippen molar-refractivity contribution in [3.8, 4) is 0 Å². The van der Waals surface area contributed by atoms with Gasteiger partial charge in [0.2, 0.25) is 11.8 Å². The van der Waals surface area contributed by atoms with Gasteiger partial charge in [0.15, 0.2) is 5.96 Å². The van der Waals surface area contributed by atoms with E-state index in [2.05, 4.69) is 29.5 Å². The third-order valence-electron chi connectivity index (χ3n) is 4.24. The summed E-state index contributed by atoms with van der Waals surface area (Å²) in [4.78, 5) is 29.0. The first kappa shape index (κ1) is 24.1. The summed E-state index contributed by atoms with van der Waals surface area (Å²) in [6.07, 6.45) is 7.90. The number of piperidine rings is 1. The molecule has 1 aliphatic heterocycles. The molecule has 0 radical (unpaired) electrons. The van der Waals surface area contributed by atoms with Crippen molar-refractivity contribution in [3.05, 3.63) is 0 Å². The van der Waals surface area contributed by atoms with E-state index in [4.69, 9.17) is 0 Å².